The van der Waals surface area contributed by atoms with E-state index >= 15 is 0 Å². The first-order valence-corrected chi connectivity index (χ1v) is 1.48. The molecule has 1 N–H and O–H groups in total. The molecule has 0 aliphatic carbocycles. The first-order chi connectivity index (χ1) is 2.77. The van der Waals surface area contributed by atoms with Crippen molar-refractivity contribution in [2.45, 2.75) is 0 Å². The molecule has 0 aromatic carbocycles. The Morgan fingerprint density at radius 3 is 2.12 bits per heavy atom. The number of carbonyl (C=O) groups is 1. The fraction of sp³-hybridized carbons (Fsp3) is 0.667. The van der Waals surface area contributed by atoms with Crippen LogP contribution in [0.2, 0.25) is 0 Å². The molecule has 0 aliphatic heterocycles. The minimum Gasteiger partial charge on any atom is -0.480 e. The van der Waals surface area contributed by atoms with Gasteiger partial charge in [-0.1, -0.05) is 0 Å². The SMILES string of the molecule is COCC(=O)O.[AlH3].[MgH2]. The smallest absolute Gasteiger partial charge is 0.329 e. The van der Waals surface area contributed by atoms with Crippen LogP contribution in [0.25, 0.3) is 0 Å². The Bertz CT molecular complexity index is 58.5. The van der Waals surface area contributed by atoms with Gasteiger partial charge in [0.15, 0.2) is 17.4 Å². The highest BCUT2D eigenvalue weighted by Gasteiger charge is 1.87. The van der Waals surface area contributed by atoms with Crippen LogP contribution in [-0.2, 0) is 9.53 Å². The van der Waals surface area contributed by atoms with Crippen LogP contribution in [-0.4, -0.2) is 65.2 Å². The maximum Gasteiger partial charge on any atom is 0.329 e. The van der Waals surface area contributed by atoms with Gasteiger partial charge in [0.05, 0.1) is 0 Å². The van der Waals surface area contributed by atoms with Gasteiger partial charge in [-0.25, -0.2) is 4.79 Å². The molecule has 0 aliphatic rings. The molecule has 0 heterocycles. The molecule has 5 heteroatoms. The monoisotopic (exact) mass is 146 g/mol. The summed E-state index contributed by atoms with van der Waals surface area (Å²) < 4.78 is 4.20. The standard InChI is InChI=1S/C3H6O3.Al.Mg.5H/c1-6-2-3(4)5;;;;;;;/h2H2,1H3,(H,4,5);;;;;;;. The number of hydrogen-bond acceptors (Lipinski definition) is 2. The molecule has 0 radical (unpaired) electrons. The van der Waals surface area contributed by atoms with Crippen LogP contribution in [0, 0.1) is 0 Å². The largest absolute Gasteiger partial charge is 0.480 e. The molecule has 0 fully saturated rings. The minimum atomic E-state index is -0.933. The average Bonchev–Trinajstić information content (AvgIpc) is 1.35. The molecule has 0 unspecified atom stereocenters. The van der Waals surface area contributed by atoms with Gasteiger partial charge in [-0.05, 0) is 0 Å². The highest BCUT2D eigenvalue weighted by Crippen LogP contribution is 1.61. The van der Waals surface area contributed by atoms with E-state index in [1.165, 1.54) is 7.11 Å². The molecule has 0 saturated heterocycles. The van der Waals surface area contributed by atoms with Gasteiger partial charge in [0, 0.05) is 7.11 Å². The Morgan fingerprint density at radius 2 is 2.12 bits per heavy atom. The van der Waals surface area contributed by atoms with Crippen molar-refractivity contribution < 1.29 is 14.6 Å². The van der Waals surface area contributed by atoms with E-state index in [2.05, 4.69) is 4.74 Å². The summed E-state index contributed by atoms with van der Waals surface area (Å²) in [5, 5.41) is 7.79. The van der Waals surface area contributed by atoms with E-state index in [0.29, 0.717) is 0 Å². The van der Waals surface area contributed by atoms with Gasteiger partial charge in [0.25, 0.3) is 0 Å². The van der Waals surface area contributed by atoms with E-state index in [1.54, 1.807) is 0 Å². The third-order valence-electron chi connectivity index (χ3n) is 0.268. The van der Waals surface area contributed by atoms with Gasteiger partial charge < -0.3 is 9.84 Å². The first kappa shape index (κ1) is 15.9. The summed E-state index contributed by atoms with van der Waals surface area (Å²) in [7, 11) is 1.34. The van der Waals surface area contributed by atoms with E-state index in [9.17, 15) is 4.79 Å². The molecule has 0 bridgehead atoms. The van der Waals surface area contributed by atoms with Crippen molar-refractivity contribution in [2.24, 2.45) is 0 Å². The molecule has 46 valence electrons. The Labute approximate surface area is 74.7 Å². The van der Waals surface area contributed by atoms with E-state index in [1.807, 2.05) is 0 Å². The minimum absolute atomic E-state index is 0. The zero-order valence-corrected chi connectivity index (χ0v) is 3.47. The molecule has 0 saturated carbocycles. The number of carboxylic acids is 1. The summed E-state index contributed by atoms with van der Waals surface area (Å²) in [5.41, 5.74) is 0. The van der Waals surface area contributed by atoms with Gasteiger partial charge in [-0.3, -0.25) is 0 Å². The highest BCUT2D eigenvalue weighted by atomic mass is 27.0. The highest BCUT2D eigenvalue weighted by molar-refractivity contribution is 5.76. The number of ether oxygens (including phenoxy) is 1. The van der Waals surface area contributed by atoms with Crippen LogP contribution in [0.5, 0.6) is 0 Å². The van der Waals surface area contributed by atoms with Gasteiger partial charge in [-0.2, -0.15) is 0 Å². The van der Waals surface area contributed by atoms with Gasteiger partial charge in [-0.15, -0.1) is 0 Å². The van der Waals surface area contributed by atoms with E-state index < -0.39 is 5.97 Å². The maximum atomic E-state index is 9.47. The van der Waals surface area contributed by atoms with Crippen LogP contribution in [0.1, 0.15) is 0 Å². The number of methoxy groups -OCH3 is 1. The van der Waals surface area contributed by atoms with Gasteiger partial charge in [0.2, 0.25) is 0 Å². The molecule has 0 spiro atoms. The fourth-order valence-electron chi connectivity index (χ4n) is 0.123. The second kappa shape index (κ2) is 10.7. The maximum absolute atomic E-state index is 9.47. The van der Waals surface area contributed by atoms with E-state index in [4.69, 9.17) is 5.11 Å². The summed E-state index contributed by atoms with van der Waals surface area (Å²) in [6.45, 7) is -0.208. The van der Waals surface area contributed by atoms with E-state index in [0.717, 1.165) is 0 Å². The predicted octanol–water partition coefficient (Wildman–Crippen LogP) is -2.38. The van der Waals surface area contributed by atoms with Gasteiger partial charge in [0.1, 0.15) is 6.61 Å². The molecule has 0 rings (SSSR count). The van der Waals surface area contributed by atoms with Crippen LogP contribution in [0.15, 0.2) is 0 Å². The zero-order chi connectivity index (χ0) is 4.99. The lowest BCUT2D eigenvalue weighted by Gasteiger charge is -1.83. The van der Waals surface area contributed by atoms with Crippen molar-refractivity contribution in [1.82, 2.24) is 0 Å². The van der Waals surface area contributed by atoms with Crippen LogP contribution >= 0.6 is 0 Å². The second-order valence-corrected chi connectivity index (χ2v) is 0.827. The average molecular weight is 146 g/mol. The lowest BCUT2D eigenvalue weighted by atomic mass is 10.8. The molecule has 3 nitrogen and oxygen atoms in total. The molecular weight excluding hydrogens is 135 g/mol. The Balaban J connectivity index is -0.000000125. The van der Waals surface area contributed by atoms with Crippen molar-refractivity contribution in [3.8, 4) is 0 Å². The summed E-state index contributed by atoms with van der Waals surface area (Å²) in [5.74, 6) is -0.933. The third kappa shape index (κ3) is 15.9. The summed E-state index contributed by atoms with van der Waals surface area (Å²) in [4.78, 5) is 9.47. The molecule has 0 atom stereocenters. The molecular formula is C3H11AlMgO3. The first-order valence-electron chi connectivity index (χ1n) is 1.48. The molecule has 8 heavy (non-hydrogen) atoms. The number of hydrogen-bond donors (Lipinski definition) is 1. The van der Waals surface area contributed by atoms with Crippen molar-refractivity contribution in [2.75, 3.05) is 13.7 Å². The van der Waals surface area contributed by atoms with E-state index in [-0.39, 0.29) is 47.0 Å². The summed E-state index contributed by atoms with van der Waals surface area (Å²) in [6, 6.07) is 0. The third-order valence-corrected chi connectivity index (χ3v) is 0.268. The van der Waals surface area contributed by atoms with Crippen molar-refractivity contribution >= 4 is 46.4 Å². The second-order valence-electron chi connectivity index (χ2n) is 0.827. The Hall–Kier alpha value is 0.729. The van der Waals surface area contributed by atoms with Crippen LogP contribution < -0.4 is 0 Å². The summed E-state index contributed by atoms with van der Waals surface area (Å²) >= 11 is 0. The predicted molar refractivity (Wildman–Crippen MR) is 38.0 cm³/mol. The molecule has 0 aromatic rings. The number of carboxylic acid groups (broad SMARTS) is 1. The normalized spacial score (nSPS) is 6.12. The van der Waals surface area contributed by atoms with Gasteiger partial charge >= 0.3 is 29.0 Å². The Morgan fingerprint density at radius 1 is 1.75 bits per heavy atom. The quantitative estimate of drug-likeness (QED) is 0.443. The number of aliphatic carboxylic acids is 1. The zero-order valence-electron chi connectivity index (χ0n) is 3.47. The molecule has 0 amide bonds. The van der Waals surface area contributed by atoms with Crippen molar-refractivity contribution in [1.29, 1.82) is 0 Å². The molecule has 0 aromatic heterocycles. The lowest BCUT2D eigenvalue weighted by molar-refractivity contribution is -0.141. The van der Waals surface area contributed by atoms with Crippen molar-refractivity contribution in [3.05, 3.63) is 0 Å². The lowest BCUT2D eigenvalue weighted by Crippen LogP contribution is -2.02. The van der Waals surface area contributed by atoms with Crippen LogP contribution in [0.4, 0.5) is 0 Å². The van der Waals surface area contributed by atoms with Crippen LogP contribution in [0.3, 0.4) is 0 Å². The fourth-order valence-corrected chi connectivity index (χ4v) is 0.123. The topological polar surface area (TPSA) is 46.5 Å². The summed E-state index contributed by atoms with van der Waals surface area (Å²) in [6.07, 6.45) is 0. The van der Waals surface area contributed by atoms with Crippen molar-refractivity contribution in [3.63, 3.8) is 0 Å². The Kier molecular flexibility index (Phi) is 21.2. The number of rotatable bonds is 2.